The first-order valence-corrected chi connectivity index (χ1v) is 9.26. The predicted molar refractivity (Wildman–Crippen MR) is 106 cm³/mol. The zero-order valence-corrected chi connectivity index (χ0v) is 16.1. The van der Waals surface area contributed by atoms with Crippen molar-refractivity contribution in [3.8, 4) is 17.1 Å². The lowest BCUT2D eigenvalue weighted by Gasteiger charge is -2.05. The first-order chi connectivity index (χ1) is 13.5. The minimum absolute atomic E-state index is 0.00182. The smallest absolute Gasteiger partial charge is 0.289 e. The van der Waals surface area contributed by atoms with E-state index in [2.05, 4.69) is 20.5 Å². The van der Waals surface area contributed by atoms with Crippen LogP contribution in [-0.4, -0.2) is 38.9 Å². The van der Waals surface area contributed by atoms with Crippen molar-refractivity contribution in [3.05, 3.63) is 57.6 Å². The zero-order chi connectivity index (χ0) is 20.1. The molecule has 11 heteroatoms. The van der Waals surface area contributed by atoms with E-state index in [1.165, 1.54) is 18.2 Å². The van der Waals surface area contributed by atoms with Crippen molar-refractivity contribution in [2.45, 2.75) is 5.16 Å². The first kappa shape index (κ1) is 19.6. The zero-order valence-electron chi connectivity index (χ0n) is 14.5. The Morgan fingerprint density at radius 1 is 1.36 bits per heavy atom. The molecule has 1 amide bonds. The molecule has 0 saturated heterocycles. The number of thioether (sulfide) groups is 1. The predicted octanol–water partition coefficient (Wildman–Crippen LogP) is 3.77. The SMILES string of the molecule is COc1ccccc1-c1nc(SCC(=O)Nc2ccc(Cl)c([N+](=O)[O-])c2)n[nH]1. The summed E-state index contributed by atoms with van der Waals surface area (Å²) in [6.07, 6.45) is 0. The number of halogens is 1. The molecule has 3 rings (SSSR count). The standard InChI is InChI=1S/C17H14ClN5O4S/c1-27-14-5-3-2-4-11(14)16-20-17(22-21-16)28-9-15(24)19-10-6-7-12(18)13(8-10)23(25)26/h2-8H,9H2,1H3,(H,19,24)(H,20,21,22). The van der Waals surface area contributed by atoms with Crippen LogP contribution in [0.1, 0.15) is 0 Å². The quantitative estimate of drug-likeness (QED) is 0.339. The minimum Gasteiger partial charge on any atom is -0.496 e. The Morgan fingerprint density at radius 2 is 2.14 bits per heavy atom. The van der Waals surface area contributed by atoms with Crippen LogP contribution >= 0.6 is 23.4 Å². The van der Waals surface area contributed by atoms with Gasteiger partial charge in [0.15, 0.2) is 5.82 Å². The summed E-state index contributed by atoms with van der Waals surface area (Å²) in [7, 11) is 1.57. The van der Waals surface area contributed by atoms with Crippen LogP contribution in [0, 0.1) is 10.1 Å². The van der Waals surface area contributed by atoms with Crippen molar-refractivity contribution >= 4 is 40.6 Å². The van der Waals surface area contributed by atoms with Gasteiger partial charge in [-0.2, -0.15) is 0 Å². The molecule has 0 unspecified atom stereocenters. The Balaban J connectivity index is 1.62. The molecule has 0 saturated carbocycles. The van der Waals surface area contributed by atoms with E-state index in [4.69, 9.17) is 16.3 Å². The number of amides is 1. The summed E-state index contributed by atoms with van der Waals surface area (Å²) in [5.41, 5.74) is 0.760. The van der Waals surface area contributed by atoms with Crippen molar-refractivity contribution in [1.29, 1.82) is 0 Å². The lowest BCUT2D eigenvalue weighted by Crippen LogP contribution is -2.14. The molecule has 0 aliphatic rings. The molecule has 0 fully saturated rings. The maximum atomic E-state index is 12.1. The van der Waals surface area contributed by atoms with Crippen LogP contribution in [0.25, 0.3) is 11.4 Å². The van der Waals surface area contributed by atoms with Crippen LogP contribution in [0.2, 0.25) is 5.02 Å². The number of anilines is 1. The molecule has 144 valence electrons. The van der Waals surface area contributed by atoms with E-state index in [-0.39, 0.29) is 28.1 Å². The van der Waals surface area contributed by atoms with Gasteiger partial charge in [-0.05, 0) is 24.3 Å². The number of methoxy groups -OCH3 is 1. The number of aromatic nitrogens is 3. The molecule has 2 aromatic carbocycles. The Labute approximate surface area is 168 Å². The van der Waals surface area contributed by atoms with Gasteiger partial charge in [-0.25, -0.2) is 4.98 Å². The molecule has 0 bridgehead atoms. The second kappa shape index (κ2) is 8.72. The van der Waals surface area contributed by atoms with E-state index in [1.54, 1.807) is 7.11 Å². The number of hydrogen-bond donors (Lipinski definition) is 2. The summed E-state index contributed by atoms with van der Waals surface area (Å²) >= 11 is 6.88. The molecule has 0 aliphatic carbocycles. The summed E-state index contributed by atoms with van der Waals surface area (Å²) in [4.78, 5) is 26.8. The molecular formula is C17H14ClN5O4S. The van der Waals surface area contributed by atoms with Gasteiger partial charge in [0.05, 0.1) is 23.3 Å². The van der Waals surface area contributed by atoms with Crippen LogP contribution in [0.15, 0.2) is 47.6 Å². The summed E-state index contributed by atoms with van der Waals surface area (Å²) in [5, 5.41) is 20.8. The van der Waals surface area contributed by atoms with Crippen LogP contribution in [0.3, 0.4) is 0 Å². The third-order valence-corrected chi connectivity index (χ3v) is 4.75. The average Bonchev–Trinajstić information content (AvgIpc) is 3.16. The second-order valence-electron chi connectivity index (χ2n) is 5.43. The van der Waals surface area contributed by atoms with Crippen molar-refractivity contribution < 1.29 is 14.5 Å². The van der Waals surface area contributed by atoms with Crippen LogP contribution < -0.4 is 10.1 Å². The molecule has 0 atom stereocenters. The van der Waals surface area contributed by atoms with Crippen molar-refractivity contribution in [2.24, 2.45) is 0 Å². The molecular weight excluding hydrogens is 406 g/mol. The molecule has 0 radical (unpaired) electrons. The number of nitro benzene ring substituents is 1. The molecule has 1 aromatic heterocycles. The Hall–Kier alpha value is -3.11. The second-order valence-corrected chi connectivity index (χ2v) is 6.78. The fourth-order valence-electron chi connectivity index (χ4n) is 2.33. The molecule has 2 N–H and O–H groups in total. The first-order valence-electron chi connectivity index (χ1n) is 7.90. The fraction of sp³-hybridized carbons (Fsp3) is 0.118. The highest BCUT2D eigenvalue weighted by Crippen LogP contribution is 2.29. The van der Waals surface area contributed by atoms with Gasteiger partial charge in [0.2, 0.25) is 11.1 Å². The Kier molecular flexibility index (Phi) is 6.12. The van der Waals surface area contributed by atoms with Crippen molar-refractivity contribution in [3.63, 3.8) is 0 Å². The third-order valence-electron chi connectivity index (χ3n) is 3.59. The number of nitro groups is 1. The largest absolute Gasteiger partial charge is 0.496 e. The summed E-state index contributed by atoms with van der Waals surface area (Å²) < 4.78 is 5.29. The fourth-order valence-corrected chi connectivity index (χ4v) is 3.11. The molecule has 9 nitrogen and oxygen atoms in total. The van der Waals surface area contributed by atoms with E-state index in [1.807, 2.05) is 24.3 Å². The maximum absolute atomic E-state index is 12.1. The number of hydrogen-bond acceptors (Lipinski definition) is 7. The monoisotopic (exact) mass is 419 g/mol. The number of nitrogens with zero attached hydrogens (tertiary/aromatic N) is 3. The molecule has 0 aliphatic heterocycles. The lowest BCUT2D eigenvalue weighted by atomic mass is 10.2. The minimum atomic E-state index is -0.611. The van der Waals surface area contributed by atoms with E-state index in [0.717, 1.165) is 17.3 Å². The molecule has 0 spiro atoms. The van der Waals surface area contributed by atoms with Gasteiger partial charge in [0.1, 0.15) is 10.8 Å². The summed E-state index contributed by atoms with van der Waals surface area (Å²) in [6, 6.07) is 11.4. The summed E-state index contributed by atoms with van der Waals surface area (Å²) in [6.45, 7) is 0. The summed E-state index contributed by atoms with van der Waals surface area (Å²) in [5.74, 6) is 0.843. The molecule has 3 aromatic rings. The number of ether oxygens (including phenoxy) is 1. The highest BCUT2D eigenvalue weighted by molar-refractivity contribution is 7.99. The van der Waals surface area contributed by atoms with E-state index in [0.29, 0.717) is 16.7 Å². The van der Waals surface area contributed by atoms with Gasteiger partial charge in [0.25, 0.3) is 5.69 Å². The highest BCUT2D eigenvalue weighted by atomic mass is 35.5. The van der Waals surface area contributed by atoms with Crippen molar-refractivity contribution in [2.75, 3.05) is 18.2 Å². The normalized spacial score (nSPS) is 10.5. The number of nitrogens with one attached hydrogen (secondary N) is 2. The van der Waals surface area contributed by atoms with Crippen LogP contribution in [-0.2, 0) is 4.79 Å². The van der Waals surface area contributed by atoms with Crippen LogP contribution in [0.4, 0.5) is 11.4 Å². The number of aromatic amines is 1. The van der Waals surface area contributed by atoms with Gasteiger partial charge >= 0.3 is 0 Å². The van der Waals surface area contributed by atoms with Gasteiger partial charge in [-0.15, -0.1) is 5.10 Å². The van der Waals surface area contributed by atoms with Gasteiger partial charge in [0, 0.05) is 11.8 Å². The Morgan fingerprint density at radius 3 is 2.89 bits per heavy atom. The third kappa shape index (κ3) is 4.59. The van der Waals surface area contributed by atoms with Crippen LogP contribution in [0.5, 0.6) is 5.75 Å². The maximum Gasteiger partial charge on any atom is 0.289 e. The van der Waals surface area contributed by atoms with E-state index >= 15 is 0 Å². The van der Waals surface area contributed by atoms with Gasteiger partial charge in [-0.3, -0.25) is 20.0 Å². The number of para-hydroxylation sites is 1. The Bertz CT molecular complexity index is 1030. The average molecular weight is 420 g/mol. The van der Waals surface area contributed by atoms with E-state index < -0.39 is 4.92 Å². The number of H-pyrrole nitrogens is 1. The van der Waals surface area contributed by atoms with E-state index in [9.17, 15) is 14.9 Å². The van der Waals surface area contributed by atoms with Gasteiger partial charge in [-0.1, -0.05) is 35.5 Å². The molecule has 1 heterocycles. The van der Waals surface area contributed by atoms with Gasteiger partial charge < -0.3 is 10.1 Å². The number of benzene rings is 2. The van der Waals surface area contributed by atoms with Crippen molar-refractivity contribution in [1.82, 2.24) is 15.2 Å². The molecule has 28 heavy (non-hydrogen) atoms. The topological polar surface area (TPSA) is 123 Å². The highest BCUT2D eigenvalue weighted by Gasteiger charge is 2.15. The number of carbonyl (C=O) groups is 1. The number of rotatable bonds is 7. The number of carbonyl (C=O) groups excluding carboxylic acids is 1. The lowest BCUT2D eigenvalue weighted by molar-refractivity contribution is -0.384.